The summed E-state index contributed by atoms with van der Waals surface area (Å²) < 4.78 is 4.62. The number of nitrogens with two attached hydrogens (primary N) is 1. The third-order valence-electron chi connectivity index (χ3n) is 2.73. The van der Waals surface area contributed by atoms with E-state index in [2.05, 4.69) is 4.74 Å². The molecule has 104 valence electrons. The SMILES string of the molecule is COC(=O)c1ccc(N(C)CC(=O)N(C)C)c(N)c1. The highest BCUT2D eigenvalue weighted by Crippen LogP contribution is 2.23. The number of rotatable bonds is 4. The fourth-order valence-electron chi connectivity index (χ4n) is 1.58. The average Bonchev–Trinajstić information content (AvgIpc) is 2.37. The van der Waals surface area contributed by atoms with Crippen LogP contribution in [0.15, 0.2) is 18.2 Å². The molecule has 0 aliphatic rings. The van der Waals surface area contributed by atoms with E-state index >= 15 is 0 Å². The Kier molecular flexibility index (Phi) is 4.74. The van der Waals surface area contributed by atoms with Crippen molar-refractivity contribution in [2.75, 3.05) is 45.4 Å². The van der Waals surface area contributed by atoms with Gasteiger partial charge in [-0.2, -0.15) is 0 Å². The van der Waals surface area contributed by atoms with Crippen LogP contribution in [0.3, 0.4) is 0 Å². The molecule has 0 aliphatic carbocycles. The van der Waals surface area contributed by atoms with Crippen molar-refractivity contribution in [1.82, 2.24) is 4.90 Å². The second-order valence-corrected chi connectivity index (χ2v) is 4.41. The molecule has 2 N–H and O–H groups in total. The highest BCUT2D eigenvalue weighted by atomic mass is 16.5. The van der Waals surface area contributed by atoms with Gasteiger partial charge in [0.15, 0.2) is 0 Å². The van der Waals surface area contributed by atoms with E-state index in [0.29, 0.717) is 16.9 Å². The number of anilines is 2. The van der Waals surface area contributed by atoms with Gasteiger partial charge in [-0.25, -0.2) is 4.79 Å². The van der Waals surface area contributed by atoms with Gasteiger partial charge in [-0.05, 0) is 18.2 Å². The zero-order valence-electron chi connectivity index (χ0n) is 11.6. The molecule has 19 heavy (non-hydrogen) atoms. The van der Waals surface area contributed by atoms with Gasteiger partial charge >= 0.3 is 5.97 Å². The largest absolute Gasteiger partial charge is 0.465 e. The number of nitrogens with zero attached hydrogens (tertiary/aromatic N) is 2. The van der Waals surface area contributed by atoms with E-state index in [-0.39, 0.29) is 12.5 Å². The number of benzene rings is 1. The number of nitrogen functional groups attached to an aromatic ring is 1. The van der Waals surface area contributed by atoms with Crippen LogP contribution >= 0.6 is 0 Å². The zero-order chi connectivity index (χ0) is 14.6. The molecule has 1 rings (SSSR count). The lowest BCUT2D eigenvalue weighted by molar-refractivity contribution is -0.127. The van der Waals surface area contributed by atoms with Crippen LogP contribution in [-0.4, -0.2) is 51.6 Å². The second-order valence-electron chi connectivity index (χ2n) is 4.41. The molecule has 0 atom stereocenters. The number of methoxy groups -OCH3 is 1. The van der Waals surface area contributed by atoms with Gasteiger partial charge in [0.25, 0.3) is 0 Å². The average molecular weight is 265 g/mol. The lowest BCUT2D eigenvalue weighted by Crippen LogP contribution is -2.34. The summed E-state index contributed by atoms with van der Waals surface area (Å²) in [5, 5.41) is 0. The van der Waals surface area contributed by atoms with Gasteiger partial charge in [0.2, 0.25) is 5.91 Å². The molecule has 6 heteroatoms. The van der Waals surface area contributed by atoms with Crippen molar-refractivity contribution in [2.45, 2.75) is 0 Å². The molecule has 0 aromatic heterocycles. The Hall–Kier alpha value is -2.24. The van der Waals surface area contributed by atoms with Crippen LogP contribution in [-0.2, 0) is 9.53 Å². The van der Waals surface area contributed by atoms with Crippen LogP contribution in [0.2, 0.25) is 0 Å². The number of ether oxygens (including phenoxy) is 1. The monoisotopic (exact) mass is 265 g/mol. The number of amides is 1. The molecular formula is C13H19N3O3. The number of carbonyl (C=O) groups is 2. The summed E-state index contributed by atoms with van der Waals surface area (Å²) in [6.07, 6.45) is 0. The van der Waals surface area contributed by atoms with E-state index in [1.54, 1.807) is 38.2 Å². The minimum absolute atomic E-state index is 0.0288. The normalized spacial score (nSPS) is 9.89. The molecule has 0 saturated heterocycles. The summed E-state index contributed by atoms with van der Waals surface area (Å²) in [4.78, 5) is 26.2. The van der Waals surface area contributed by atoms with E-state index in [1.165, 1.54) is 18.1 Å². The molecule has 0 radical (unpaired) electrons. The first-order chi connectivity index (χ1) is 8.86. The molecule has 6 nitrogen and oxygen atoms in total. The van der Waals surface area contributed by atoms with Crippen LogP contribution in [0.1, 0.15) is 10.4 Å². The third kappa shape index (κ3) is 3.61. The van der Waals surface area contributed by atoms with Crippen molar-refractivity contribution in [1.29, 1.82) is 0 Å². The summed E-state index contributed by atoms with van der Waals surface area (Å²) >= 11 is 0. The van der Waals surface area contributed by atoms with Crippen LogP contribution in [0.4, 0.5) is 11.4 Å². The Morgan fingerprint density at radius 2 is 1.89 bits per heavy atom. The fraction of sp³-hybridized carbons (Fsp3) is 0.385. The molecule has 1 amide bonds. The molecular weight excluding hydrogens is 246 g/mol. The number of hydrogen-bond acceptors (Lipinski definition) is 5. The number of carbonyl (C=O) groups excluding carboxylic acids is 2. The van der Waals surface area contributed by atoms with E-state index in [9.17, 15) is 9.59 Å². The van der Waals surface area contributed by atoms with Gasteiger partial charge in [-0.15, -0.1) is 0 Å². The Labute approximate surface area is 112 Å². The summed E-state index contributed by atoms with van der Waals surface area (Å²) in [6, 6.07) is 4.86. The van der Waals surface area contributed by atoms with Crippen molar-refractivity contribution in [3.63, 3.8) is 0 Å². The lowest BCUT2D eigenvalue weighted by Gasteiger charge is -2.22. The number of hydrogen-bond donors (Lipinski definition) is 1. The minimum Gasteiger partial charge on any atom is -0.465 e. The van der Waals surface area contributed by atoms with Gasteiger partial charge in [0.05, 0.1) is 30.6 Å². The van der Waals surface area contributed by atoms with Crippen molar-refractivity contribution in [2.24, 2.45) is 0 Å². The summed E-state index contributed by atoms with van der Waals surface area (Å²) in [5.74, 6) is -0.468. The molecule has 0 bridgehead atoms. The molecule has 1 aromatic rings. The molecule has 0 saturated carbocycles. The smallest absolute Gasteiger partial charge is 0.337 e. The molecule has 0 fully saturated rings. The highest BCUT2D eigenvalue weighted by Gasteiger charge is 2.13. The first-order valence-electron chi connectivity index (χ1n) is 5.76. The standard InChI is InChI=1S/C13H19N3O3/c1-15(2)12(17)8-16(3)11-6-5-9(7-10(11)14)13(18)19-4/h5-7H,8,14H2,1-4H3. The Bertz CT molecular complexity index is 486. The maximum Gasteiger partial charge on any atom is 0.337 e. The quantitative estimate of drug-likeness (QED) is 0.636. The van der Waals surface area contributed by atoms with Gasteiger partial charge in [-0.1, -0.05) is 0 Å². The predicted octanol–water partition coefficient (Wildman–Crippen LogP) is 0.580. The third-order valence-corrected chi connectivity index (χ3v) is 2.73. The van der Waals surface area contributed by atoms with Gasteiger partial charge in [0, 0.05) is 21.1 Å². The van der Waals surface area contributed by atoms with Crippen LogP contribution < -0.4 is 10.6 Å². The summed E-state index contributed by atoms with van der Waals surface area (Å²) in [6.45, 7) is 0.217. The molecule has 0 unspecified atom stereocenters. The van der Waals surface area contributed by atoms with Gasteiger partial charge in [0.1, 0.15) is 0 Å². The Balaban J connectivity index is 2.90. The van der Waals surface area contributed by atoms with Crippen molar-refractivity contribution in [3.8, 4) is 0 Å². The number of esters is 1. The second kappa shape index (κ2) is 6.08. The Morgan fingerprint density at radius 1 is 1.26 bits per heavy atom. The Morgan fingerprint density at radius 3 is 2.37 bits per heavy atom. The van der Waals surface area contributed by atoms with Gasteiger partial charge < -0.3 is 20.3 Å². The molecule has 1 aromatic carbocycles. The van der Waals surface area contributed by atoms with E-state index in [4.69, 9.17) is 5.73 Å². The van der Waals surface area contributed by atoms with Crippen LogP contribution in [0, 0.1) is 0 Å². The molecule has 0 spiro atoms. The fourth-order valence-corrected chi connectivity index (χ4v) is 1.58. The van der Waals surface area contributed by atoms with Gasteiger partial charge in [-0.3, -0.25) is 4.79 Å². The van der Waals surface area contributed by atoms with Crippen molar-refractivity contribution >= 4 is 23.3 Å². The first kappa shape index (κ1) is 14.8. The summed E-state index contributed by atoms with van der Waals surface area (Å²) in [7, 11) is 6.47. The van der Waals surface area contributed by atoms with E-state index in [0.717, 1.165) is 0 Å². The van der Waals surface area contributed by atoms with E-state index in [1.807, 2.05) is 0 Å². The molecule has 0 heterocycles. The lowest BCUT2D eigenvalue weighted by atomic mass is 10.1. The van der Waals surface area contributed by atoms with Crippen LogP contribution in [0.5, 0.6) is 0 Å². The highest BCUT2D eigenvalue weighted by molar-refractivity contribution is 5.92. The molecule has 0 aliphatic heterocycles. The van der Waals surface area contributed by atoms with Crippen LogP contribution in [0.25, 0.3) is 0 Å². The first-order valence-corrected chi connectivity index (χ1v) is 5.76. The maximum atomic E-state index is 11.6. The summed E-state index contributed by atoms with van der Waals surface area (Å²) in [5.41, 5.74) is 7.40. The zero-order valence-corrected chi connectivity index (χ0v) is 11.6. The topological polar surface area (TPSA) is 75.9 Å². The van der Waals surface area contributed by atoms with E-state index < -0.39 is 5.97 Å². The maximum absolute atomic E-state index is 11.6. The van der Waals surface area contributed by atoms with Crippen molar-refractivity contribution in [3.05, 3.63) is 23.8 Å². The minimum atomic E-state index is -0.440. The predicted molar refractivity (Wildman–Crippen MR) is 74.2 cm³/mol. The van der Waals surface area contributed by atoms with Crippen molar-refractivity contribution < 1.29 is 14.3 Å². The number of likely N-dealkylation sites (N-methyl/N-ethyl adjacent to an activating group) is 2.